The highest BCUT2D eigenvalue weighted by Crippen LogP contribution is 2.19. The van der Waals surface area contributed by atoms with E-state index < -0.39 is 0 Å². The highest BCUT2D eigenvalue weighted by atomic mass is 16.5. The molecule has 0 radical (unpaired) electrons. The SMILES string of the molecule is NCCOC(=O)c1ccc(-c2ccccc2)cc1. The Morgan fingerprint density at radius 2 is 1.56 bits per heavy atom. The molecule has 0 aliphatic carbocycles. The van der Waals surface area contributed by atoms with Crippen molar-refractivity contribution >= 4 is 5.97 Å². The molecule has 0 heterocycles. The monoisotopic (exact) mass is 241 g/mol. The number of rotatable bonds is 4. The lowest BCUT2D eigenvalue weighted by molar-refractivity contribution is 0.0517. The molecule has 0 amide bonds. The van der Waals surface area contributed by atoms with E-state index in [0.29, 0.717) is 12.1 Å². The molecular formula is C15H15NO2. The van der Waals surface area contributed by atoms with Crippen LogP contribution in [0, 0.1) is 0 Å². The molecule has 0 unspecified atom stereocenters. The summed E-state index contributed by atoms with van der Waals surface area (Å²) in [5.74, 6) is -0.333. The van der Waals surface area contributed by atoms with Gasteiger partial charge >= 0.3 is 5.97 Å². The van der Waals surface area contributed by atoms with Gasteiger partial charge < -0.3 is 10.5 Å². The number of carbonyl (C=O) groups excluding carboxylic acids is 1. The van der Waals surface area contributed by atoms with Crippen molar-refractivity contribution in [1.82, 2.24) is 0 Å². The molecule has 0 atom stereocenters. The van der Waals surface area contributed by atoms with Crippen molar-refractivity contribution in [1.29, 1.82) is 0 Å². The molecule has 0 spiro atoms. The summed E-state index contributed by atoms with van der Waals surface area (Å²) < 4.78 is 4.96. The Hall–Kier alpha value is -2.13. The fraction of sp³-hybridized carbons (Fsp3) is 0.133. The number of hydrogen-bond donors (Lipinski definition) is 1. The highest BCUT2D eigenvalue weighted by molar-refractivity contribution is 5.90. The maximum atomic E-state index is 11.6. The van der Waals surface area contributed by atoms with Crippen molar-refractivity contribution in [3.63, 3.8) is 0 Å². The van der Waals surface area contributed by atoms with E-state index in [4.69, 9.17) is 10.5 Å². The normalized spacial score (nSPS) is 10.1. The lowest BCUT2D eigenvalue weighted by atomic mass is 10.0. The first-order chi connectivity index (χ1) is 8.81. The van der Waals surface area contributed by atoms with Crippen LogP contribution in [0.25, 0.3) is 11.1 Å². The summed E-state index contributed by atoms with van der Waals surface area (Å²) in [5.41, 5.74) is 8.02. The minimum absolute atomic E-state index is 0.249. The fourth-order valence-corrected chi connectivity index (χ4v) is 1.66. The van der Waals surface area contributed by atoms with Crippen LogP contribution in [0.3, 0.4) is 0 Å². The van der Waals surface area contributed by atoms with Crippen molar-refractivity contribution < 1.29 is 9.53 Å². The van der Waals surface area contributed by atoms with E-state index in [9.17, 15) is 4.79 Å². The first kappa shape index (κ1) is 12.3. The van der Waals surface area contributed by atoms with Gasteiger partial charge in [0.2, 0.25) is 0 Å². The Labute approximate surface area is 106 Å². The quantitative estimate of drug-likeness (QED) is 0.836. The third kappa shape index (κ3) is 2.96. The van der Waals surface area contributed by atoms with E-state index in [1.54, 1.807) is 12.1 Å². The molecule has 18 heavy (non-hydrogen) atoms. The van der Waals surface area contributed by atoms with E-state index in [1.165, 1.54) is 0 Å². The summed E-state index contributed by atoms with van der Waals surface area (Å²) in [6, 6.07) is 17.4. The van der Waals surface area contributed by atoms with Crippen LogP contribution in [-0.2, 0) is 4.74 Å². The topological polar surface area (TPSA) is 52.3 Å². The molecule has 0 bridgehead atoms. The smallest absolute Gasteiger partial charge is 0.338 e. The van der Waals surface area contributed by atoms with Gasteiger partial charge in [-0.05, 0) is 23.3 Å². The third-order valence-corrected chi connectivity index (χ3v) is 2.58. The first-order valence-corrected chi connectivity index (χ1v) is 5.84. The van der Waals surface area contributed by atoms with E-state index >= 15 is 0 Å². The van der Waals surface area contributed by atoms with Gasteiger partial charge in [0.05, 0.1) is 5.56 Å². The minimum Gasteiger partial charge on any atom is -0.461 e. The van der Waals surface area contributed by atoms with Crippen LogP contribution in [0.5, 0.6) is 0 Å². The zero-order valence-corrected chi connectivity index (χ0v) is 10.0. The fourth-order valence-electron chi connectivity index (χ4n) is 1.66. The molecule has 0 saturated carbocycles. The van der Waals surface area contributed by atoms with E-state index in [1.807, 2.05) is 42.5 Å². The summed E-state index contributed by atoms with van der Waals surface area (Å²) in [4.78, 5) is 11.6. The second kappa shape index (κ2) is 5.98. The average molecular weight is 241 g/mol. The summed E-state index contributed by atoms with van der Waals surface area (Å²) in [5, 5.41) is 0. The number of esters is 1. The maximum absolute atomic E-state index is 11.6. The second-order valence-electron chi connectivity index (χ2n) is 3.87. The lowest BCUT2D eigenvalue weighted by Gasteiger charge is -2.05. The number of carbonyl (C=O) groups is 1. The zero-order valence-electron chi connectivity index (χ0n) is 10.0. The van der Waals surface area contributed by atoms with E-state index in [0.717, 1.165) is 11.1 Å². The zero-order chi connectivity index (χ0) is 12.8. The van der Waals surface area contributed by atoms with Crippen LogP contribution in [0.2, 0.25) is 0 Å². The lowest BCUT2D eigenvalue weighted by Crippen LogP contribution is -2.13. The van der Waals surface area contributed by atoms with Crippen LogP contribution >= 0.6 is 0 Å². The number of hydrogen-bond acceptors (Lipinski definition) is 3. The standard InChI is InChI=1S/C15H15NO2/c16-10-11-18-15(17)14-8-6-13(7-9-14)12-4-2-1-3-5-12/h1-9H,10-11,16H2. The maximum Gasteiger partial charge on any atom is 0.338 e. The Balaban J connectivity index is 2.13. The molecule has 2 aromatic carbocycles. The molecule has 3 nitrogen and oxygen atoms in total. The molecule has 0 fully saturated rings. The van der Waals surface area contributed by atoms with Gasteiger partial charge in [0.15, 0.2) is 0 Å². The highest BCUT2D eigenvalue weighted by Gasteiger charge is 2.06. The Morgan fingerprint density at radius 3 is 2.17 bits per heavy atom. The minimum atomic E-state index is -0.333. The van der Waals surface area contributed by atoms with Crippen molar-refractivity contribution in [2.75, 3.05) is 13.2 Å². The van der Waals surface area contributed by atoms with E-state index in [2.05, 4.69) is 0 Å². The molecule has 0 aromatic heterocycles. The third-order valence-electron chi connectivity index (χ3n) is 2.58. The number of benzene rings is 2. The molecule has 0 saturated heterocycles. The van der Waals surface area contributed by atoms with Gasteiger partial charge in [0.1, 0.15) is 6.61 Å². The molecular weight excluding hydrogens is 226 g/mol. The number of nitrogens with two attached hydrogens (primary N) is 1. The molecule has 3 heteroatoms. The average Bonchev–Trinajstić information content (AvgIpc) is 2.46. The summed E-state index contributed by atoms with van der Waals surface area (Å²) in [6.45, 7) is 0.590. The summed E-state index contributed by atoms with van der Waals surface area (Å²) in [7, 11) is 0. The van der Waals surface area contributed by atoms with E-state index in [-0.39, 0.29) is 12.6 Å². The van der Waals surface area contributed by atoms with Crippen molar-refractivity contribution in [2.24, 2.45) is 5.73 Å². The summed E-state index contributed by atoms with van der Waals surface area (Å²) in [6.07, 6.45) is 0. The van der Waals surface area contributed by atoms with Gasteiger partial charge in [-0.2, -0.15) is 0 Å². The Bertz CT molecular complexity index is 506. The largest absolute Gasteiger partial charge is 0.461 e. The predicted molar refractivity (Wildman–Crippen MR) is 71.2 cm³/mol. The number of ether oxygens (including phenoxy) is 1. The molecule has 92 valence electrons. The molecule has 2 N–H and O–H groups in total. The van der Waals surface area contributed by atoms with Crippen LogP contribution in [0.4, 0.5) is 0 Å². The van der Waals surface area contributed by atoms with Gasteiger partial charge in [-0.3, -0.25) is 0 Å². The summed E-state index contributed by atoms with van der Waals surface area (Å²) >= 11 is 0. The van der Waals surface area contributed by atoms with Crippen molar-refractivity contribution in [3.8, 4) is 11.1 Å². The Morgan fingerprint density at radius 1 is 0.944 bits per heavy atom. The van der Waals surface area contributed by atoms with Crippen LogP contribution < -0.4 is 5.73 Å². The molecule has 2 aromatic rings. The Kier molecular flexibility index (Phi) is 4.10. The van der Waals surface area contributed by atoms with Crippen LogP contribution in [-0.4, -0.2) is 19.1 Å². The molecule has 0 aliphatic rings. The van der Waals surface area contributed by atoms with Gasteiger partial charge in [-0.15, -0.1) is 0 Å². The van der Waals surface area contributed by atoms with Crippen LogP contribution in [0.15, 0.2) is 54.6 Å². The van der Waals surface area contributed by atoms with Crippen molar-refractivity contribution in [2.45, 2.75) is 0 Å². The molecule has 2 rings (SSSR count). The van der Waals surface area contributed by atoms with Gasteiger partial charge in [0, 0.05) is 6.54 Å². The van der Waals surface area contributed by atoms with Gasteiger partial charge in [-0.1, -0.05) is 42.5 Å². The first-order valence-electron chi connectivity index (χ1n) is 5.84. The van der Waals surface area contributed by atoms with Crippen molar-refractivity contribution in [3.05, 3.63) is 60.2 Å². The molecule has 0 aliphatic heterocycles. The van der Waals surface area contributed by atoms with Crippen LogP contribution in [0.1, 0.15) is 10.4 Å². The predicted octanol–water partition coefficient (Wildman–Crippen LogP) is 2.47. The second-order valence-corrected chi connectivity index (χ2v) is 3.87. The van der Waals surface area contributed by atoms with Gasteiger partial charge in [0.25, 0.3) is 0 Å². The van der Waals surface area contributed by atoms with Gasteiger partial charge in [-0.25, -0.2) is 4.79 Å².